The standard InChI is InChI=1S/C25H32FN3O4/c1-3-4-14-27-23(31)17(2)29(16-18-9-5-8-12-21(18)26)22(30)13-15-28-24(32)19-10-6-7-11-20(19)25(28)33/h5-9,12,17,19-20H,3-4,10-11,13-16H2,1-2H3,(H,27,31)/t17-,19-,20+/m1/s1. The van der Waals surface area contributed by atoms with E-state index in [1.807, 2.05) is 19.1 Å². The van der Waals surface area contributed by atoms with Crippen molar-refractivity contribution in [3.63, 3.8) is 0 Å². The molecule has 2 aliphatic rings. The van der Waals surface area contributed by atoms with Gasteiger partial charge in [-0.3, -0.25) is 24.1 Å². The summed E-state index contributed by atoms with van der Waals surface area (Å²) in [5.74, 6) is -2.38. The number of carbonyl (C=O) groups excluding carboxylic acids is 4. The molecule has 1 fully saturated rings. The molecule has 3 atom stereocenters. The molecule has 0 spiro atoms. The van der Waals surface area contributed by atoms with Crippen LogP contribution < -0.4 is 5.32 Å². The average molecular weight is 458 g/mol. The fourth-order valence-corrected chi connectivity index (χ4v) is 4.37. The number of nitrogens with one attached hydrogen (secondary N) is 1. The summed E-state index contributed by atoms with van der Waals surface area (Å²) in [5.41, 5.74) is 0.296. The maximum absolute atomic E-state index is 14.3. The zero-order valence-electron chi connectivity index (χ0n) is 19.3. The predicted molar refractivity (Wildman–Crippen MR) is 121 cm³/mol. The number of allylic oxidation sites excluding steroid dienone is 2. The second kappa shape index (κ2) is 11.2. The van der Waals surface area contributed by atoms with Gasteiger partial charge in [-0.2, -0.15) is 0 Å². The lowest BCUT2D eigenvalue weighted by Crippen LogP contribution is -2.48. The van der Waals surface area contributed by atoms with Gasteiger partial charge in [0, 0.05) is 31.6 Å². The third kappa shape index (κ3) is 5.67. The first-order chi connectivity index (χ1) is 15.8. The molecule has 1 heterocycles. The third-order valence-electron chi connectivity index (χ3n) is 6.44. The topological polar surface area (TPSA) is 86.8 Å². The summed E-state index contributed by atoms with van der Waals surface area (Å²) >= 11 is 0. The molecule has 178 valence electrons. The maximum Gasteiger partial charge on any atom is 0.242 e. The Morgan fingerprint density at radius 1 is 1.15 bits per heavy atom. The van der Waals surface area contributed by atoms with Crippen LogP contribution in [0.1, 0.15) is 51.5 Å². The van der Waals surface area contributed by atoms with Gasteiger partial charge in [0.15, 0.2) is 0 Å². The number of unbranched alkanes of at least 4 members (excludes halogenated alkanes) is 1. The van der Waals surface area contributed by atoms with Crippen molar-refractivity contribution in [1.82, 2.24) is 15.1 Å². The molecule has 0 saturated carbocycles. The fraction of sp³-hybridized carbons (Fsp3) is 0.520. The molecular formula is C25H32FN3O4. The Hall–Kier alpha value is -3.03. The van der Waals surface area contributed by atoms with Gasteiger partial charge in [0.1, 0.15) is 11.9 Å². The van der Waals surface area contributed by atoms with Gasteiger partial charge in [0.2, 0.25) is 23.6 Å². The van der Waals surface area contributed by atoms with Crippen LogP contribution >= 0.6 is 0 Å². The van der Waals surface area contributed by atoms with E-state index in [-0.39, 0.29) is 49.1 Å². The van der Waals surface area contributed by atoms with Crippen LogP contribution in [0.25, 0.3) is 0 Å². The van der Waals surface area contributed by atoms with E-state index >= 15 is 0 Å². The summed E-state index contributed by atoms with van der Waals surface area (Å²) in [6.07, 6.45) is 6.51. The van der Waals surface area contributed by atoms with Crippen molar-refractivity contribution in [2.75, 3.05) is 13.1 Å². The van der Waals surface area contributed by atoms with Gasteiger partial charge >= 0.3 is 0 Å². The number of amides is 4. The number of hydrogen-bond donors (Lipinski definition) is 1. The molecule has 8 heteroatoms. The predicted octanol–water partition coefficient (Wildman–Crippen LogP) is 2.80. The van der Waals surface area contributed by atoms with Gasteiger partial charge < -0.3 is 10.2 Å². The van der Waals surface area contributed by atoms with Crippen LogP contribution in [0.15, 0.2) is 36.4 Å². The van der Waals surface area contributed by atoms with E-state index in [0.717, 1.165) is 12.8 Å². The molecule has 7 nitrogen and oxygen atoms in total. The van der Waals surface area contributed by atoms with Crippen molar-refractivity contribution in [3.8, 4) is 0 Å². The molecule has 0 unspecified atom stereocenters. The van der Waals surface area contributed by atoms with Gasteiger partial charge in [0.25, 0.3) is 0 Å². The summed E-state index contributed by atoms with van der Waals surface area (Å²) in [6, 6.07) is 5.28. The number of halogens is 1. The monoisotopic (exact) mass is 457 g/mol. The van der Waals surface area contributed by atoms with Crippen molar-refractivity contribution < 1.29 is 23.6 Å². The largest absolute Gasteiger partial charge is 0.354 e. The third-order valence-corrected chi connectivity index (χ3v) is 6.44. The highest BCUT2D eigenvalue weighted by Gasteiger charge is 2.47. The molecule has 1 aromatic rings. The number of imide groups is 1. The smallest absolute Gasteiger partial charge is 0.242 e. The quantitative estimate of drug-likeness (QED) is 0.333. The minimum atomic E-state index is -0.828. The number of nitrogens with zero attached hydrogens (tertiary/aromatic N) is 2. The van der Waals surface area contributed by atoms with Gasteiger partial charge in [-0.1, -0.05) is 43.7 Å². The van der Waals surface area contributed by atoms with Crippen LogP contribution in [0, 0.1) is 17.7 Å². The highest BCUT2D eigenvalue weighted by molar-refractivity contribution is 6.05. The highest BCUT2D eigenvalue weighted by Crippen LogP contribution is 2.35. The molecule has 0 aromatic heterocycles. The number of benzene rings is 1. The fourth-order valence-electron chi connectivity index (χ4n) is 4.37. The van der Waals surface area contributed by atoms with E-state index in [1.165, 1.54) is 15.9 Å². The van der Waals surface area contributed by atoms with Crippen LogP contribution in [0.3, 0.4) is 0 Å². The Bertz CT molecular complexity index is 906. The molecule has 1 aliphatic heterocycles. The molecule has 0 radical (unpaired) electrons. The van der Waals surface area contributed by atoms with Gasteiger partial charge in [-0.25, -0.2) is 4.39 Å². The van der Waals surface area contributed by atoms with E-state index < -0.39 is 17.8 Å². The summed E-state index contributed by atoms with van der Waals surface area (Å²) in [5, 5.41) is 2.81. The molecule has 1 saturated heterocycles. The van der Waals surface area contributed by atoms with E-state index in [1.54, 1.807) is 25.1 Å². The molecule has 1 N–H and O–H groups in total. The van der Waals surface area contributed by atoms with Gasteiger partial charge in [-0.05, 0) is 32.3 Å². The summed E-state index contributed by atoms with van der Waals surface area (Å²) in [4.78, 5) is 53.7. The summed E-state index contributed by atoms with van der Waals surface area (Å²) < 4.78 is 14.3. The Morgan fingerprint density at radius 3 is 2.39 bits per heavy atom. The number of hydrogen-bond acceptors (Lipinski definition) is 4. The minimum absolute atomic E-state index is 0.0402. The Balaban J connectivity index is 1.70. The number of fused-ring (bicyclic) bond motifs is 1. The number of carbonyl (C=O) groups is 4. The van der Waals surface area contributed by atoms with E-state index in [9.17, 15) is 23.6 Å². The van der Waals surface area contributed by atoms with Crippen molar-refractivity contribution in [2.45, 2.75) is 58.5 Å². The molecule has 1 aromatic carbocycles. The zero-order chi connectivity index (χ0) is 24.0. The van der Waals surface area contributed by atoms with Gasteiger partial charge in [-0.15, -0.1) is 0 Å². The van der Waals surface area contributed by atoms with Crippen LogP contribution in [-0.2, 0) is 25.7 Å². The lowest BCUT2D eigenvalue weighted by Gasteiger charge is -2.29. The molecule has 1 aliphatic carbocycles. The zero-order valence-corrected chi connectivity index (χ0v) is 19.3. The Morgan fingerprint density at radius 2 is 1.79 bits per heavy atom. The van der Waals surface area contributed by atoms with E-state index in [0.29, 0.717) is 24.9 Å². The van der Waals surface area contributed by atoms with Gasteiger partial charge in [0.05, 0.1) is 11.8 Å². The van der Waals surface area contributed by atoms with Crippen LogP contribution in [0.5, 0.6) is 0 Å². The first-order valence-electron chi connectivity index (χ1n) is 11.7. The van der Waals surface area contributed by atoms with Crippen molar-refractivity contribution >= 4 is 23.6 Å². The first kappa shape index (κ1) is 24.6. The summed E-state index contributed by atoms with van der Waals surface area (Å²) in [6.45, 7) is 3.99. The van der Waals surface area contributed by atoms with Crippen molar-refractivity contribution in [2.24, 2.45) is 11.8 Å². The normalized spacial score (nSPS) is 20.5. The van der Waals surface area contributed by atoms with Crippen LogP contribution in [0.4, 0.5) is 4.39 Å². The molecule has 4 amide bonds. The lowest BCUT2D eigenvalue weighted by molar-refractivity contribution is -0.143. The molecule has 3 rings (SSSR count). The second-order valence-corrected chi connectivity index (χ2v) is 8.67. The summed E-state index contributed by atoms with van der Waals surface area (Å²) in [7, 11) is 0. The van der Waals surface area contributed by atoms with Crippen molar-refractivity contribution in [3.05, 3.63) is 47.8 Å². The van der Waals surface area contributed by atoms with Crippen LogP contribution in [-0.4, -0.2) is 52.6 Å². The number of rotatable bonds is 10. The minimum Gasteiger partial charge on any atom is -0.354 e. The van der Waals surface area contributed by atoms with Crippen molar-refractivity contribution in [1.29, 1.82) is 0 Å². The lowest BCUT2D eigenvalue weighted by atomic mass is 9.85. The van der Waals surface area contributed by atoms with Crippen LogP contribution in [0.2, 0.25) is 0 Å². The average Bonchev–Trinajstić information content (AvgIpc) is 3.06. The SMILES string of the molecule is CCCCNC(=O)[C@@H](C)N(Cc1ccccc1F)C(=O)CCN1C(=O)[C@H]2CC=CC[C@H]2C1=O. The maximum atomic E-state index is 14.3. The molecule has 0 bridgehead atoms. The number of likely N-dealkylation sites (tertiary alicyclic amines) is 1. The second-order valence-electron chi connectivity index (χ2n) is 8.67. The molecule has 33 heavy (non-hydrogen) atoms. The Labute approximate surface area is 194 Å². The van der Waals surface area contributed by atoms with E-state index in [2.05, 4.69) is 5.32 Å². The Kier molecular flexibility index (Phi) is 8.36. The molecular weight excluding hydrogens is 425 g/mol. The highest BCUT2D eigenvalue weighted by atomic mass is 19.1. The van der Waals surface area contributed by atoms with E-state index in [4.69, 9.17) is 0 Å². The first-order valence-corrected chi connectivity index (χ1v) is 11.7.